The molecule has 2 aliphatic rings. The highest BCUT2D eigenvalue weighted by molar-refractivity contribution is 5.91. The van der Waals surface area contributed by atoms with Gasteiger partial charge in [0.15, 0.2) is 0 Å². The van der Waals surface area contributed by atoms with Gasteiger partial charge in [-0.15, -0.1) is 0 Å². The number of benzene rings is 1. The minimum absolute atomic E-state index is 0.355. The molecule has 3 rings (SSSR count). The molecule has 5 heteroatoms. The topological polar surface area (TPSA) is 64.6 Å². The summed E-state index contributed by atoms with van der Waals surface area (Å²) in [5, 5.41) is 15.8. The van der Waals surface area contributed by atoms with Gasteiger partial charge in [0, 0.05) is 25.7 Å². The van der Waals surface area contributed by atoms with Gasteiger partial charge in [0.2, 0.25) is 0 Å². The summed E-state index contributed by atoms with van der Waals surface area (Å²) in [5.41, 5.74) is 2.42. The first kappa shape index (κ1) is 11.3. The fourth-order valence-electron chi connectivity index (χ4n) is 2.77. The molecule has 1 atom stereocenters. The van der Waals surface area contributed by atoms with E-state index in [1.807, 2.05) is 6.07 Å². The van der Waals surface area contributed by atoms with Gasteiger partial charge in [0.25, 0.3) is 0 Å². The summed E-state index contributed by atoms with van der Waals surface area (Å²) < 4.78 is 0. The lowest BCUT2D eigenvalue weighted by atomic mass is 10.1. The number of hydrogen-bond acceptors (Lipinski definition) is 4. The summed E-state index contributed by atoms with van der Waals surface area (Å²) >= 11 is 0. The molecular formula is C13H17N3O2. The molecule has 1 saturated heterocycles. The molecule has 0 saturated carbocycles. The quantitative estimate of drug-likeness (QED) is 0.727. The predicted octanol–water partition coefficient (Wildman–Crippen LogP) is 0.979. The number of aromatic carboxylic acids is 1. The Labute approximate surface area is 106 Å². The molecular weight excluding hydrogens is 230 g/mol. The third-order valence-corrected chi connectivity index (χ3v) is 3.70. The van der Waals surface area contributed by atoms with Crippen LogP contribution in [0.2, 0.25) is 0 Å². The van der Waals surface area contributed by atoms with Gasteiger partial charge >= 0.3 is 5.97 Å². The molecule has 2 aliphatic heterocycles. The zero-order valence-electron chi connectivity index (χ0n) is 10.1. The first-order valence-electron chi connectivity index (χ1n) is 6.34. The van der Waals surface area contributed by atoms with E-state index in [4.69, 9.17) is 5.11 Å². The predicted molar refractivity (Wildman–Crippen MR) is 70.5 cm³/mol. The van der Waals surface area contributed by atoms with Crippen LogP contribution in [0, 0.1) is 0 Å². The minimum atomic E-state index is -0.868. The zero-order valence-corrected chi connectivity index (χ0v) is 10.1. The summed E-state index contributed by atoms with van der Waals surface area (Å²) in [7, 11) is 0. The molecule has 1 aromatic carbocycles. The van der Waals surface area contributed by atoms with Gasteiger partial charge in [0.1, 0.15) is 0 Å². The molecule has 5 nitrogen and oxygen atoms in total. The Morgan fingerprint density at radius 3 is 3.00 bits per heavy atom. The number of carboxylic acid groups (broad SMARTS) is 1. The van der Waals surface area contributed by atoms with Crippen LogP contribution in [0.1, 0.15) is 16.8 Å². The average molecular weight is 247 g/mol. The van der Waals surface area contributed by atoms with E-state index in [1.54, 1.807) is 12.1 Å². The van der Waals surface area contributed by atoms with E-state index in [1.165, 1.54) is 0 Å². The van der Waals surface area contributed by atoms with Crippen LogP contribution in [0.15, 0.2) is 18.2 Å². The van der Waals surface area contributed by atoms with Gasteiger partial charge in [-0.2, -0.15) is 0 Å². The summed E-state index contributed by atoms with van der Waals surface area (Å²) in [4.78, 5) is 13.4. The Bertz CT molecular complexity index is 469. The van der Waals surface area contributed by atoms with E-state index in [-0.39, 0.29) is 0 Å². The van der Waals surface area contributed by atoms with Gasteiger partial charge in [0.05, 0.1) is 16.9 Å². The number of nitrogens with zero attached hydrogens (tertiary/aromatic N) is 1. The number of carbonyl (C=O) groups is 1. The summed E-state index contributed by atoms with van der Waals surface area (Å²) in [5.74, 6) is -0.868. The van der Waals surface area contributed by atoms with Crippen molar-refractivity contribution in [3.63, 3.8) is 0 Å². The van der Waals surface area contributed by atoms with Crippen LogP contribution in [0.3, 0.4) is 0 Å². The molecule has 1 unspecified atom stereocenters. The van der Waals surface area contributed by atoms with E-state index < -0.39 is 5.97 Å². The maximum Gasteiger partial charge on any atom is 0.335 e. The normalized spacial score (nSPS) is 22.4. The Kier molecular flexibility index (Phi) is 2.83. The van der Waals surface area contributed by atoms with Crippen molar-refractivity contribution in [1.29, 1.82) is 0 Å². The third kappa shape index (κ3) is 1.90. The second-order valence-electron chi connectivity index (χ2n) is 4.80. The maximum absolute atomic E-state index is 11.1. The van der Waals surface area contributed by atoms with E-state index in [0.29, 0.717) is 11.6 Å². The second kappa shape index (κ2) is 4.49. The van der Waals surface area contributed by atoms with Crippen molar-refractivity contribution < 1.29 is 9.90 Å². The Morgan fingerprint density at radius 1 is 1.39 bits per heavy atom. The second-order valence-corrected chi connectivity index (χ2v) is 4.80. The standard InChI is InChI=1S/C13H17N3O2/c17-13(18)9-1-2-11-12(7-9)16(6-5-15-11)10-3-4-14-8-10/h1-2,7,10,14-15H,3-6,8H2,(H,17,18). The lowest BCUT2D eigenvalue weighted by Crippen LogP contribution is -2.43. The summed E-state index contributed by atoms with van der Waals surface area (Å²) in [6, 6.07) is 5.79. The van der Waals surface area contributed by atoms with Gasteiger partial charge in [-0.3, -0.25) is 0 Å². The molecule has 18 heavy (non-hydrogen) atoms. The van der Waals surface area contributed by atoms with Crippen molar-refractivity contribution in [2.75, 3.05) is 36.4 Å². The first-order chi connectivity index (χ1) is 8.75. The number of rotatable bonds is 2. The molecule has 0 amide bonds. The zero-order chi connectivity index (χ0) is 12.5. The van der Waals surface area contributed by atoms with Gasteiger partial charge in [-0.05, 0) is 31.2 Å². The molecule has 0 aromatic heterocycles. The van der Waals surface area contributed by atoms with Gasteiger partial charge < -0.3 is 20.6 Å². The largest absolute Gasteiger partial charge is 0.478 e. The van der Waals surface area contributed by atoms with E-state index in [9.17, 15) is 4.79 Å². The van der Waals surface area contributed by atoms with Crippen LogP contribution < -0.4 is 15.5 Å². The monoisotopic (exact) mass is 247 g/mol. The molecule has 1 fully saturated rings. The maximum atomic E-state index is 11.1. The van der Waals surface area contributed by atoms with Crippen molar-refractivity contribution in [3.05, 3.63) is 23.8 Å². The molecule has 0 bridgehead atoms. The highest BCUT2D eigenvalue weighted by atomic mass is 16.4. The van der Waals surface area contributed by atoms with Crippen LogP contribution >= 0.6 is 0 Å². The Hall–Kier alpha value is -1.75. The first-order valence-corrected chi connectivity index (χ1v) is 6.34. The van der Waals surface area contributed by atoms with Crippen molar-refractivity contribution in [1.82, 2.24) is 5.32 Å². The number of nitrogens with one attached hydrogen (secondary N) is 2. The Morgan fingerprint density at radius 2 is 2.28 bits per heavy atom. The molecule has 1 aromatic rings. The lowest BCUT2D eigenvalue weighted by molar-refractivity contribution is 0.0697. The summed E-state index contributed by atoms with van der Waals surface area (Å²) in [6.07, 6.45) is 1.12. The van der Waals surface area contributed by atoms with Crippen molar-refractivity contribution in [3.8, 4) is 0 Å². The number of carboxylic acids is 1. The Balaban J connectivity index is 1.96. The van der Waals surface area contributed by atoms with Crippen molar-refractivity contribution >= 4 is 17.3 Å². The lowest BCUT2D eigenvalue weighted by Gasteiger charge is -2.36. The number of anilines is 2. The van der Waals surface area contributed by atoms with E-state index >= 15 is 0 Å². The number of hydrogen-bond donors (Lipinski definition) is 3. The highest BCUT2D eigenvalue weighted by Gasteiger charge is 2.27. The smallest absolute Gasteiger partial charge is 0.335 e. The van der Waals surface area contributed by atoms with Crippen LogP contribution in [0.5, 0.6) is 0 Å². The fraction of sp³-hybridized carbons (Fsp3) is 0.462. The molecule has 0 aliphatic carbocycles. The van der Waals surface area contributed by atoms with E-state index in [2.05, 4.69) is 15.5 Å². The highest BCUT2D eigenvalue weighted by Crippen LogP contribution is 2.32. The molecule has 3 N–H and O–H groups in total. The fourth-order valence-corrected chi connectivity index (χ4v) is 2.77. The van der Waals surface area contributed by atoms with Crippen molar-refractivity contribution in [2.24, 2.45) is 0 Å². The van der Waals surface area contributed by atoms with Crippen LogP contribution in [-0.4, -0.2) is 43.3 Å². The van der Waals surface area contributed by atoms with Crippen LogP contribution in [0.4, 0.5) is 11.4 Å². The van der Waals surface area contributed by atoms with E-state index in [0.717, 1.165) is 44.0 Å². The molecule has 96 valence electrons. The van der Waals surface area contributed by atoms with Crippen molar-refractivity contribution in [2.45, 2.75) is 12.5 Å². The van der Waals surface area contributed by atoms with Crippen LogP contribution in [-0.2, 0) is 0 Å². The SMILES string of the molecule is O=C(O)c1ccc2c(c1)N(C1CCNC1)CCN2. The van der Waals surface area contributed by atoms with Crippen LogP contribution in [0.25, 0.3) is 0 Å². The molecule has 0 radical (unpaired) electrons. The van der Waals surface area contributed by atoms with Gasteiger partial charge in [-0.1, -0.05) is 0 Å². The summed E-state index contributed by atoms with van der Waals surface area (Å²) in [6.45, 7) is 3.87. The molecule has 2 heterocycles. The minimum Gasteiger partial charge on any atom is -0.478 e. The van der Waals surface area contributed by atoms with Gasteiger partial charge in [-0.25, -0.2) is 4.79 Å². The number of fused-ring (bicyclic) bond motifs is 1. The third-order valence-electron chi connectivity index (χ3n) is 3.70. The molecule has 0 spiro atoms. The average Bonchev–Trinajstić information content (AvgIpc) is 2.91.